The molecule has 1 amide bonds. The van der Waals surface area contributed by atoms with E-state index in [1.165, 1.54) is 0 Å². The fourth-order valence-electron chi connectivity index (χ4n) is 2.92. The van der Waals surface area contributed by atoms with Gasteiger partial charge in [-0.15, -0.1) is 0 Å². The van der Waals surface area contributed by atoms with E-state index in [-0.39, 0.29) is 17.6 Å². The Morgan fingerprint density at radius 1 is 1.36 bits per heavy atom. The molecule has 1 fully saturated rings. The minimum absolute atomic E-state index is 0.0628. The summed E-state index contributed by atoms with van der Waals surface area (Å²) >= 11 is 0. The molecule has 1 aliphatic heterocycles. The molecule has 1 aromatic carbocycles. The summed E-state index contributed by atoms with van der Waals surface area (Å²) in [7, 11) is 0. The molecular formula is C17H20F3N3O5. The number of hydrogen-bond acceptors (Lipinski definition) is 6. The molecule has 1 N–H and O–H groups in total. The molecule has 11 heteroatoms. The second-order valence-electron chi connectivity index (χ2n) is 6.43. The second-order valence-corrected chi connectivity index (χ2v) is 6.43. The molecule has 0 bridgehead atoms. The number of benzene rings is 1. The van der Waals surface area contributed by atoms with E-state index in [0.717, 1.165) is 25.3 Å². The number of likely N-dealkylation sites (tertiary alicyclic amines) is 1. The van der Waals surface area contributed by atoms with Crippen LogP contribution >= 0.6 is 0 Å². The third kappa shape index (κ3) is 5.57. The first-order valence-corrected chi connectivity index (χ1v) is 8.64. The van der Waals surface area contributed by atoms with Gasteiger partial charge in [0.1, 0.15) is 12.2 Å². The third-order valence-corrected chi connectivity index (χ3v) is 4.42. The van der Waals surface area contributed by atoms with Crippen LogP contribution in [-0.2, 0) is 20.5 Å². The van der Waals surface area contributed by atoms with Crippen molar-refractivity contribution in [2.75, 3.05) is 25.0 Å². The third-order valence-electron chi connectivity index (χ3n) is 4.42. The molecule has 0 aliphatic carbocycles. The van der Waals surface area contributed by atoms with E-state index >= 15 is 0 Å². The Morgan fingerprint density at radius 2 is 2.07 bits per heavy atom. The highest BCUT2D eigenvalue weighted by molar-refractivity contribution is 5.82. The lowest BCUT2D eigenvalue weighted by Crippen LogP contribution is -2.44. The van der Waals surface area contributed by atoms with E-state index < -0.39 is 41.5 Å². The fourth-order valence-corrected chi connectivity index (χ4v) is 2.92. The van der Waals surface area contributed by atoms with E-state index in [2.05, 4.69) is 5.32 Å². The maximum atomic E-state index is 12.7. The van der Waals surface area contributed by atoms with Crippen LogP contribution in [0, 0.1) is 10.1 Å². The summed E-state index contributed by atoms with van der Waals surface area (Å²) in [5.74, 6) is -1.19. The highest BCUT2D eigenvalue weighted by Crippen LogP contribution is 2.34. The van der Waals surface area contributed by atoms with Crippen molar-refractivity contribution < 1.29 is 32.4 Å². The number of alkyl halides is 3. The quantitative estimate of drug-likeness (QED) is 0.445. The Kier molecular flexibility index (Phi) is 6.81. The van der Waals surface area contributed by atoms with Crippen molar-refractivity contribution in [3.63, 3.8) is 0 Å². The Balaban J connectivity index is 1.91. The first kappa shape index (κ1) is 21.5. The zero-order chi connectivity index (χ0) is 20.9. The van der Waals surface area contributed by atoms with Crippen LogP contribution in [0.2, 0.25) is 0 Å². The molecule has 8 nitrogen and oxygen atoms in total. The first-order valence-electron chi connectivity index (χ1n) is 8.64. The smallest absolute Gasteiger partial charge is 0.416 e. The van der Waals surface area contributed by atoms with E-state index in [0.29, 0.717) is 18.7 Å². The van der Waals surface area contributed by atoms with Crippen LogP contribution in [0.3, 0.4) is 0 Å². The lowest BCUT2D eigenvalue weighted by atomic mass is 10.0. The summed E-state index contributed by atoms with van der Waals surface area (Å²) in [4.78, 5) is 35.5. The van der Waals surface area contributed by atoms with Gasteiger partial charge in [0.15, 0.2) is 6.61 Å². The number of carbonyl (C=O) groups excluding carboxylic acids is 2. The van der Waals surface area contributed by atoms with Crippen molar-refractivity contribution in [3.8, 4) is 0 Å². The van der Waals surface area contributed by atoms with E-state index in [9.17, 15) is 32.9 Å². The monoisotopic (exact) mass is 403 g/mol. The van der Waals surface area contributed by atoms with Crippen LogP contribution in [-0.4, -0.2) is 47.4 Å². The lowest BCUT2D eigenvalue weighted by Gasteiger charge is -2.33. The summed E-state index contributed by atoms with van der Waals surface area (Å²) in [5.41, 5.74) is -2.25. The number of nitrogens with zero attached hydrogens (tertiary/aromatic N) is 2. The summed E-state index contributed by atoms with van der Waals surface area (Å²) < 4.78 is 42.9. The Labute approximate surface area is 158 Å². The van der Waals surface area contributed by atoms with Gasteiger partial charge in [0.2, 0.25) is 0 Å². The number of anilines is 1. The Bertz CT molecular complexity index is 754. The normalized spacial score (nSPS) is 17.1. The maximum Gasteiger partial charge on any atom is 0.416 e. The number of esters is 1. The molecule has 1 heterocycles. The molecule has 0 saturated carbocycles. The van der Waals surface area contributed by atoms with Crippen LogP contribution in [0.4, 0.5) is 24.5 Å². The van der Waals surface area contributed by atoms with Crippen molar-refractivity contribution >= 4 is 23.3 Å². The van der Waals surface area contributed by atoms with Crippen molar-refractivity contribution in [2.24, 2.45) is 0 Å². The van der Waals surface area contributed by atoms with Gasteiger partial charge >= 0.3 is 12.1 Å². The zero-order valence-electron chi connectivity index (χ0n) is 15.1. The Morgan fingerprint density at radius 3 is 2.68 bits per heavy atom. The number of nitrogens with one attached hydrogen (secondary N) is 1. The molecule has 1 aliphatic rings. The van der Waals surface area contributed by atoms with Gasteiger partial charge in [-0.3, -0.25) is 19.7 Å². The topological polar surface area (TPSA) is 102 Å². The number of carbonyl (C=O) groups is 2. The molecule has 28 heavy (non-hydrogen) atoms. The van der Waals surface area contributed by atoms with Crippen molar-refractivity contribution in [2.45, 2.75) is 38.4 Å². The van der Waals surface area contributed by atoms with Crippen LogP contribution in [0.15, 0.2) is 18.2 Å². The largest absolute Gasteiger partial charge is 0.454 e. The summed E-state index contributed by atoms with van der Waals surface area (Å²) in [6.45, 7) is 1.51. The Hall–Kier alpha value is -2.85. The van der Waals surface area contributed by atoms with Crippen molar-refractivity contribution in [1.29, 1.82) is 0 Å². The molecule has 154 valence electrons. The average Bonchev–Trinajstić information content (AvgIpc) is 2.63. The fraction of sp³-hybridized carbons (Fsp3) is 0.529. The van der Waals surface area contributed by atoms with Gasteiger partial charge in [-0.1, -0.05) is 0 Å². The molecule has 0 radical (unpaired) electrons. The molecule has 1 aromatic rings. The second kappa shape index (κ2) is 8.89. The summed E-state index contributed by atoms with van der Waals surface area (Å²) in [6.07, 6.45) is -1.95. The molecular weight excluding hydrogens is 383 g/mol. The number of nitro groups is 1. The average molecular weight is 403 g/mol. The molecule has 1 saturated heterocycles. The number of piperidine rings is 1. The number of ether oxygens (including phenoxy) is 1. The SMILES string of the molecule is C[C@@H]1CCCCN1C(=O)COC(=O)CNc1ccc(C(F)(F)F)cc1[N+](=O)[O-]. The van der Waals surface area contributed by atoms with Gasteiger partial charge in [0.25, 0.3) is 11.6 Å². The van der Waals surface area contributed by atoms with Gasteiger partial charge < -0.3 is 15.0 Å². The minimum atomic E-state index is -4.73. The van der Waals surface area contributed by atoms with Gasteiger partial charge in [0.05, 0.1) is 10.5 Å². The maximum absolute atomic E-state index is 12.7. The van der Waals surface area contributed by atoms with Gasteiger partial charge in [-0.2, -0.15) is 13.2 Å². The lowest BCUT2D eigenvalue weighted by molar-refractivity contribution is -0.384. The molecule has 0 spiro atoms. The van der Waals surface area contributed by atoms with Crippen molar-refractivity contribution in [3.05, 3.63) is 33.9 Å². The number of rotatable bonds is 6. The number of nitro benzene ring substituents is 1. The molecule has 0 aromatic heterocycles. The highest BCUT2D eigenvalue weighted by atomic mass is 19.4. The summed E-state index contributed by atoms with van der Waals surface area (Å²) in [5, 5.41) is 13.4. The molecule has 2 rings (SSSR count). The number of amides is 1. The van der Waals surface area contributed by atoms with Gasteiger partial charge in [-0.05, 0) is 38.3 Å². The number of hydrogen-bond donors (Lipinski definition) is 1. The zero-order valence-corrected chi connectivity index (χ0v) is 15.1. The van der Waals surface area contributed by atoms with E-state index in [1.54, 1.807) is 4.90 Å². The first-order chi connectivity index (χ1) is 13.1. The van der Waals surface area contributed by atoms with Crippen LogP contribution in [0.1, 0.15) is 31.7 Å². The van der Waals surface area contributed by atoms with Crippen LogP contribution < -0.4 is 5.32 Å². The van der Waals surface area contributed by atoms with Crippen LogP contribution in [0.5, 0.6) is 0 Å². The molecule has 1 atom stereocenters. The standard InChI is InChI=1S/C17H20F3N3O5/c1-11-4-2-3-7-22(11)15(24)10-28-16(25)9-21-13-6-5-12(17(18,19)20)8-14(13)23(26)27/h5-6,8,11,21H,2-4,7,9-10H2,1H3/t11-/m1/s1. The predicted octanol–water partition coefficient (Wildman–Crippen LogP) is 2.97. The van der Waals surface area contributed by atoms with Crippen molar-refractivity contribution in [1.82, 2.24) is 4.90 Å². The number of halogens is 3. The van der Waals surface area contributed by atoms with E-state index in [4.69, 9.17) is 4.74 Å². The minimum Gasteiger partial charge on any atom is -0.454 e. The van der Waals surface area contributed by atoms with Gasteiger partial charge in [-0.25, -0.2) is 0 Å². The van der Waals surface area contributed by atoms with E-state index in [1.807, 2.05) is 6.92 Å². The highest BCUT2D eigenvalue weighted by Gasteiger charge is 2.33. The summed E-state index contributed by atoms with van der Waals surface area (Å²) in [6, 6.07) is 1.99. The van der Waals surface area contributed by atoms with Gasteiger partial charge in [0, 0.05) is 18.7 Å². The predicted molar refractivity (Wildman–Crippen MR) is 92.6 cm³/mol. The van der Waals surface area contributed by atoms with Crippen LogP contribution in [0.25, 0.3) is 0 Å². The molecule has 0 unspecified atom stereocenters.